The average Bonchev–Trinajstić information content (AvgIpc) is 2.14. The van der Waals surface area contributed by atoms with Crippen molar-refractivity contribution in [1.29, 1.82) is 0 Å². The van der Waals surface area contributed by atoms with Crippen molar-refractivity contribution in [2.24, 2.45) is 5.73 Å². The van der Waals surface area contributed by atoms with Crippen molar-refractivity contribution in [3.05, 3.63) is 28.8 Å². The van der Waals surface area contributed by atoms with E-state index in [4.69, 9.17) is 23.1 Å². The number of nitrogens with two attached hydrogens (primary N) is 2. The Morgan fingerprint density at radius 1 is 1.40 bits per heavy atom. The van der Waals surface area contributed by atoms with Crippen LogP contribution in [-0.4, -0.2) is 18.5 Å². The molecular weight excluding hydrogens is 220 g/mol. The number of hydrogen-bond donors (Lipinski definition) is 2. The number of nitrogen functional groups attached to an aromatic ring is 1. The number of carbonyl (C=O) groups is 2. The number of primary amides is 1. The molecule has 4 N–H and O–H groups in total. The third-order valence-corrected chi connectivity index (χ3v) is 1.81. The van der Waals surface area contributed by atoms with Crippen LogP contribution in [-0.2, 0) is 9.53 Å². The van der Waals surface area contributed by atoms with E-state index in [0.29, 0.717) is 5.02 Å². The monoisotopic (exact) mass is 228 g/mol. The van der Waals surface area contributed by atoms with Gasteiger partial charge < -0.3 is 16.2 Å². The molecular formula is C9H9ClN2O3. The minimum absolute atomic E-state index is 0.153. The number of ether oxygens (including phenoxy) is 1. The molecule has 0 bridgehead atoms. The fourth-order valence-electron chi connectivity index (χ4n) is 0.934. The summed E-state index contributed by atoms with van der Waals surface area (Å²) in [6, 6.07) is 4.34. The van der Waals surface area contributed by atoms with Gasteiger partial charge in [-0.3, -0.25) is 4.79 Å². The quantitative estimate of drug-likeness (QED) is 0.584. The van der Waals surface area contributed by atoms with Gasteiger partial charge >= 0.3 is 5.97 Å². The van der Waals surface area contributed by atoms with Gasteiger partial charge in [-0.1, -0.05) is 11.6 Å². The Morgan fingerprint density at radius 3 is 2.60 bits per heavy atom. The molecule has 1 amide bonds. The van der Waals surface area contributed by atoms with Gasteiger partial charge in [-0.15, -0.1) is 0 Å². The van der Waals surface area contributed by atoms with Crippen molar-refractivity contribution < 1.29 is 14.3 Å². The molecule has 0 aliphatic heterocycles. The molecule has 0 saturated carbocycles. The zero-order valence-corrected chi connectivity index (χ0v) is 8.45. The summed E-state index contributed by atoms with van der Waals surface area (Å²) in [5.74, 6) is -1.43. The summed E-state index contributed by atoms with van der Waals surface area (Å²) < 4.78 is 4.57. The lowest BCUT2D eigenvalue weighted by atomic mass is 10.2. The van der Waals surface area contributed by atoms with Gasteiger partial charge in [-0.05, 0) is 18.2 Å². The minimum atomic E-state index is -0.726. The minimum Gasteiger partial charge on any atom is -0.452 e. The molecule has 0 aliphatic carbocycles. The molecule has 1 aromatic rings. The largest absolute Gasteiger partial charge is 0.452 e. The normalized spacial score (nSPS) is 9.67. The Labute approximate surface area is 90.9 Å². The summed E-state index contributed by atoms with van der Waals surface area (Å²) in [5.41, 5.74) is 10.7. The van der Waals surface area contributed by atoms with Crippen LogP contribution in [0.5, 0.6) is 0 Å². The summed E-state index contributed by atoms with van der Waals surface area (Å²) in [5, 5.41) is 0.416. The van der Waals surface area contributed by atoms with Crippen LogP contribution in [0.4, 0.5) is 5.69 Å². The third kappa shape index (κ3) is 3.14. The van der Waals surface area contributed by atoms with E-state index >= 15 is 0 Å². The van der Waals surface area contributed by atoms with Crippen LogP contribution >= 0.6 is 11.6 Å². The number of halogens is 1. The van der Waals surface area contributed by atoms with Crippen LogP contribution in [0.15, 0.2) is 18.2 Å². The Bertz CT molecular complexity index is 406. The van der Waals surface area contributed by atoms with Crippen LogP contribution in [0.3, 0.4) is 0 Å². The van der Waals surface area contributed by atoms with Crippen molar-refractivity contribution in [2.45, 2.75) is 0 Å². The first-order valence-electron chi connectivity index (χ1n) is 4.01. The summed E-state index contributed by atoms with van der Waals surface area (Å²) in [6.07, 6.45) is 0. The molecule has 0 aromatic heterocycles. The molecule has 0 heterocycles. The van der Waals surface area contributed by atoms with Crippen molar-refractivity contribution in [2.75, 3.05) is 12.3 Å². The molecule has 0 atom stereocenters. The fourth-order valence-corrected chi connectivity index (χ4v) is 1.11. The van der Waals surface area contributed by atoms with Crippen molar-refractivity contribution in [1.82, 2.24) is 0 Å². The Hall–Kier alpha value is -1.75. The Morgan fingerprint density at radius 2 is 2.07 bits per heavy atom. The van der Waals surface area contributed by atoms with Gasteiger partial charge in [0.2, 0.25) is 0 Å². The first kappa shape index (κ1) is 11.3. The van der Waals surface area contributed by atoms with Crippen molar-refractivity contribution >= 4 is 29.2 Å². The van der Waals surface area contributed by atoms with E-state index in [1.165, 1.54) is 18.2 Å². The smallest absolute Gasteiger partial charge is 0.340 e. The second-order valence-electron chi connectivity index (χ2n) is 2.77. The highest BCUT2D eigenvalue weighted by Gasteiger charge is 2.12. The average molecular weight is 229 g/mol. The number of amides is 1. The first-order chi connectivity index (χ1) is 7.00. The number of hydrogen-bond acceptors (Lipinski definition) is 4. The van der Waals surface area contributed by atoms with E-state index in [-0.39, 0.29) is 11.3 Å². The molecule has 0 aliphatic rings. The van der Waals surface area contributed by atoms with Crippen LogP contribution in [0.2, 0.25) is 5.02 Å². The molecule has 0 radical (unpaired) electrons. The van der Waals surface area contributed by atoms with Crippen molar-refractivity contribution in [3.63, 3.8) is 0 Å². The maximum absolute atomic E-state index is 11.3. The molecule has 5 nitrogen and oxygen atoms in total. The fraction of sp³-hybridized carbons (Fsp3) is 0.111. The molecule has 0 saturated heterocycles. The predicted molar refractivity (Wildman–Crippen MR) is 55.3 cm³/mol. The van der Waals surface area contributed by atoms with E-state index in [2.05, 4.69) is 4.74 Å². The number of esters is 1. The molecule has 0 unspecified atom stereocenters. The SMILES string of the molecule is NC(=O)COC(=O)c1ccc(Cl)cc1N. The summed E-state index contributed by atoms with van der Waals surface area (Å²) >= 11 is 5.64. The van der Waals surface area contributed by atoms with Gasteiger partial charge in [0.25, 0.3) is 5.91 Å². The maximum Gasteiger partial charge on any atom is 0.340 e. The standard InChI is InChI=1S/C9H9ClN2O3/c10-5-1-2-6(7(11)3-5)9(14)15-4-8(12)13/h1-3H,4,11H2,(H2,12,13). The van der Waals surface area contributed by atoms with Crippen molar-refractivity contribution in [3.8, 4) is 0 Å². The molecule has 80 valence electrons. The van der Waals surface area contributed by atoms with Crippen LogP contribution in [0.25, 0.3) is 0 Å². The van der Waals surface area contributed by atoms with Gasteiger partial charge in [0, 0.05) is 10.7 Å². The molecule has 15 heavy (non-hydrogen) atoms. The van der Waals surface area contributed by atoms with E-state index in [1.54, 1.807) is 0 Å². The number of carbonyl (C=O) groups excluding carboxylic acids is 2. The highest BCUT2D eigenvalue weighted by molar-refractivity contribution is 6.31. The number of anilines is 1. The van der Waals surface area contributed by atoms with Crippen LogP contribution in [0.1, 0.15) is 10.4 Å². The van der Waals surface area contributed by atoms with E-state index < -0.39 is 18.5 Å². The molecule has 1 rings (SSSR count). The molecule has 0 fully saturated rings. The van der Waals surface area contributed by atoms with E-state index in [1.807, 2.05) is 0 Å². The topological polar surface area (TPSA) is 95.4 Å². The number of rotatable bonds is 3. The second-order valence-corrected chi connectivity index (χ2v) is 3.21. The van der Waals surface area contributed by atoms with E-state index in [0.717, 1.165) is 0 Å². The lowest BCUT2D eigenvalue weighted by Crippen LogP contribution is -2.21. The van der Waals surface area contributed by atoms with E-state index in [9.17, 15) is 9.59 Å². The Balaban J connectivity index is 2.78. The predicted octanol–water partition coefficient (Wildman–Crippen LogP) is 0.564. The molecule has 6 heteroatoms. The summed E-state index contributed by atoms with van der Waals surface area (Å²) in [6.45, 7) is -0.471. The lowest BCUT2D eigenvalue weighted by molar-refractivity contribution is -0.121. The molecule has 0 spiro atoms. The highest BCUT2D eigenvalue weighted by Crippen LogP contribution is 2.18. The van der Waals surface area contributed by atoms with Crippen LogP contribution in [0, 0.1) is 0 Å². The first-order valence-corrected chi connectivity index (χ1v) is 4.39. The Kier molecular flexibility index (Phi) is 3.51. The summed E-state index contributed by atoms with van der Waals surface area (Å²) in [4.78, 5) is 21.7. The zero-order valence-electron chi connectivity index (χ0n) is 7.70. The van der Waals surface area contributed by atoms with Gasteiger partial charge in [0.1, 0.15) is 0 Å². The van der Waals surface area contributed by atoms with Gasteiger partial charge in [-0.25, -0.2) is 4.79 Å². The highest BCUT2D eigenvalue weighted by atomic mass is 35.5. The van der Waals surface area contributed by atoms with Gasteiger partial charge in [0.05, 0.1) is 5.56 Å². The number of benzene rings is 1. The third-order valence-electron chi connectivity index (χ3n) is 1.58. The zero-order chi connectivity index (χ0) is 11.4. The van der Waals surface area contributed by atoms with Gasteiger partial charge in [0.15, 0.2) is 6.61 Å². The maximum atomic E-state index is 11.3. The van der Waals surface area contributed by atoms with Crippen LogP contribution < -0.4 is 11.5 Å². The lowest BCUT2D eigenvalue weighted by Gasteiger charge is -2.05. The second kappa shape index (κ2) is 4.65. The molecule has 1 aromatic carbocycles. The van der Waals surface area contributed by atoms with Gasteiger partial charge in [-0.2, -0.15) is 0 Å². The summed E-state index contributed by atoms with van der Waals surface area (Å²) in [7, 11) is 0.